The minimum Gasteiger partial charge on any atom is -0.492 e. The smallest absolute Gasteiger partial charge is 0.250 e. The van der Waals surface area contributed by atoms with Crippen LogP contribution in [0.4, 0.5) is 5.69 Å². The number of amides is 1. The molecule has 0 saturated heterocycles. The van der Waals surface area contributed by atoms with Gasteiger partial charge in [0.1, 0.15) is 12.4 Å². The normalized spacial score (nSPS) is 9.73. The fourth-order valence-corrected chi connectivity index (χ4v) is 1.17. The van der Waals surface area contributed by atoms with E-state index in [9.17, 15) is 4.79 Å². The van der Waals surface area contributed by atoms with Crippen LogP contribution in [-0.4, -0.2) is 26.2 Å². The first-order valence-electron chi connectivity index (χ1n) is 4.78. The summed E-state index contributed by atoms with van der Waals surface area (Å²) in [5.74, 6) is 0.481. The maximum Gasteiger partial charge on any atom is 0.250 e. The molecule has 0 radical (unpaired) electrons. The first-order chi connectivity index (χ1) is 7.27. The zero-order valence-corrected chi connectivity index (χ0v) is 8.95. The molecule has 1 N–H and O–H groups in total. The van der Waals surface area contributed by atoms with E-state index in [0.29, 0.717) is 18.0 Å². The van der Waals surface area contributed by atoms with Crippen LogP contribution in [0.15, 0.2) is 24.3 Å². The molecule has 1 rings (SSSR count). The molecular formula is C11H15NO3. The van der Waals surface area contributed by atoms with Gasteiger partial charge in [-0.25, -0.2) is 0 Å². The van der Waals surface area contributed by atoms with Crippen molar-refractivity contribution in [3.63, 3.8) is 0 Å². The van der Waals surface area contributed by atoms with Crippen molar-refractivity contribution in [3.8, 4) is 5.75 Å². The molecule has 1 aromatic carbocycles. The van der Waals surface area contributed by atoms with E-state index in [1.165, 1.54) is 7.11 Å². The van der Waals surface area contributed by atoms with Crippen molar-refractivity contribution in [2.45, 2.75) is 6.92 Å². The van der Waals surface area contributed by atoms with Gasteiger partial charge in [-0.1, -0.05) is 12.1 Å². The summed E-state index contributed by atoms with van der Waals surface area (Å²) in [6.07, 6.45) is 0. The van der Waals surface area contributed by atoms with Crippen molar-refractivity contribution in [2.75, 3.05) is 25.6 Å². The zero-order valence-electron chi connectivity index (χ0n) is 8.95. The molecule has 0 heterocycles. The van der Waals surface area contributed by atoms with Crippen molar-refractivity contribution in [3.05, 3.63) is 24.3 Å². The summed E-state index contributed by atoms with van der Waals surface area (Å²) in [5.41, 5.74) is 0.668. The first-order valence-corrected chi connectivity index (χ1v) is 4.78. The monoisotopic (exact) mass is 209 g/mol. The van der Waals surface area contributed by atoms with E-state index in [-0.39, 0.29) is 12.5 Å². The Hall–Kier alpha value is -1.55. The number of hydrogen-bond donors (Lipinski definition) is 1. The SMILES string of the molecule is CCOc1ccccc1NC(=O)COC. The highest BCUT2D eigenvalue weighted by atomic mass is 16.5. The molecule has 4 heteroatoms. The minimum atomic E-state index is -0.190. The van der Waals surface area contributed by atoms with Crippen LogP contribution in [0.3, 0.4) is 0 Å². The van der Waals surface area contributed by atoms with Crippen molar-refractivity contribution in [1.29, 1.82) is 0 Å². The maximum absolute atomic E-state index is 11.3. The Morgan fingerprint density at radius 1 is 1.40 bits per heavy atom. The lowest BCUT2D eigenvalue weighted by molar-refractivity contribution is -0.119. The summed E-state index contributed by atoms with van der Waals surface area (Å²) in [6.45, 7) is 2.51. The van der Waals surface area contributed by atoms with E-state index >= 15 is 0 Å². The lowest BCUT2D eigenvalue weighted by atomic mass is 10.3. The third kappa shape index (κ3) is 3.59. The average molecular weight is 209 g/mol. The second-order valence-electron chi connectivity index (χ2n) is 2.91. The molecule has 0 bridgehead atoms. The van der Waals surface area contributed by atoms with Crippen LogP contribution < -0.4 is 10.1 Å². The standard InChI is InChI=1S/C11H15NO3/c1-3-15-10-7-5-4-6-9(10)12-11(13)8-14-2/h4-7H,3,8H2,1-2H3,(H,12,13). The van der Waals surface area contributed by atoms with Crippen LogP contribution in [0.5, 0.6) is 5.75 Å². The summed E-state index contributed by atoms with van der Waals surface area (Å²) >= 11 is 0. The summed E-state index contributed by atoms with van der Waals surface area (Å²) in [6, 6.07) is 7.30. The molecule has 4 nitrogen and oxygen atoms in total. The number of hydrogen-bond acceptors (Lipinski definition) is 3. The predicted octanol–water partition coefficient (Wildman–Crippen LogP) is 1.67. The van der Waals surface area contributed by atoms with Crippen LogP contribution >= 0.6 is 0 Å². The number of methoxy groups -OCH3 is 1. The van der Waals surface area contributed by atoms with Crippen LogP contribution in [0.25, 0.3) is 0 Å². The highest BCUT2D eigenvalue weighted by molar-refractivity contribution is 5.93. The Morgan fingerprint density at radius 2 is 2.13 bits per heavy atom. The highest BCUT2D eigenvalue weighted by Crippen LogP contribution is 2.23. The van der Waals surface area contributed by atoms with Crippen LogP contribution in [0, 0.1) is 0 Å². The largest absolute Gasteiger partial charge is 0.492 e. The second-order valence-corrected chi connectivity index (χ2v) is 2.91. The van der Waals surface area contributed by atoms with Gasteiger partial charge in [-0.2, -0.15) is 0 Å². The van der Waals surface area contributed by atoms with E-state index < -0.39 is 0 Å². The highest BCUT2D eigenvalue weighted by Gasteiger charge is 2.05. The van der Waals surface area contributed by atoms with Gasteiger partial charge in [-0.05, 0) is 19.1 Å². The summed E-state index contributed by atoms with van der Waals surface area (Å²) in [7, 11) is 1.48. The van der Waals surface area contributed by atoms with Gasteiger partial charge in [0.2, 0.25) is 5.91 Å². The fraction of sp³-hybridized carbons (Fsp3) is 0.364. The van der Waals surface area contributed by atoms with Gasteiger partial charge < -0.3 is 14.8 Å². The molecule has 0 aliphatic carbocycles. The van der Waals surface area contributed by atoms with Gasteiger partial charge in [0.15, 0.2) is 0 Å². The predicted molar refractivity (Wildman–Crippen MR) is 58.1 cm³/mol. The Morgan fingerprint density at radius 3 is 2.80 bits per heavy atom. The van der Waals surface area contributed by atoms with E-state index in [1.54, 1.807) is 6.07 Å². The molecule has 1 aromatic rings. The Balaban J connectivity index is 2.70. The maximum atomic E-state index is 11.3. The van der Waals surface area contributed by atoms with E-state index in [0.717, 1.165) is 0 Å². The second kappa shape index (κ2) is 6.03. The summed E-state index contributed by atoms with van der Waals surface area (Å²) in [4.78, 5) is 11.3. The molecular weight excluding hydrogens is 194 g/mol. The average Bonchev–Trinajstić information content (AvgIpc) is 2.21. The Bertz CT molecular complexity index is 325. The van der Waals surface area contributed by atoms with Crippen molar-refractivity contribution in [1.82, 2.24) is 0 Å². The number of benzene rings is 1. The number of para-hydroxylation sites is 2. The van der Waals surface area contributed by atoms with E-state index in [4.69, 9.17) is 9.47 Å². The molecule has 0 unspecified atom stereocenters. The molecule has 0 spiro atoms. The van der Waals surface area contributed by atoms with Crippen molar-refractivity contribution in [2.24, 2.45) is 0 Å². The van der Waals surface area contributed by atoms with Crippen LogP contribution in [0.1, 0.15) is 6.92 Å². The van der Waals surface area contributed by atoms with Gasteiger partial charge in [0.25, 0.3) is 0 Å². The van der Waals surface area contributed by atoms with Crippen LogP contribution in [0.2, 0.25) is 0 Å². The van der Waals surface area contributed by atoms with Crippen molar-refractivity contribution >= 4 is 11.6 Å². The van der Waals surface area contributed by atoms with Crippen molar-refractivity contribution < 1.29 is 14.3 Å². The van der Waals surface area contributed by atoms with Gasteiger partial charge in [-0.3, -0.25) is 4.79 Å². The topological polar surface area (TPSA) is 47.6 Å². The Kier molecular flexibility index (Phi) is 4.63. The first kappa shape index (κ1) is 11.5. The Labute approximate surface area is 89.2 Å². The molecule has 0 aliphatic rings. The third-order valence-corrected chi connectivity index (χ3v) is 1.74. The molecule has 1 amide bonds. The van der Waals surface area contributed by atoms with Gasteiger partial charge in [0, 0.05) is 7.11 Å². The molecule has 0 fully saturated rings. The van der Waals surface area contributed by atoms with Gasteiger partial charge in [0.05, 0.1) is 12.3 Å². The number of carbonyl (C=O) groups is 1. The number of carbonyl (C=O) groups excluding carboxylic acids is 1. The van der Waals surface area contributed by atoms with Crippen LogP contribution in [-0.2, 0) is 9.53 Å². The number of ether oxygens (including phenoxy) is 2. The summed E-state index contributed by atoms with van der Waals surface area (Å²) < 4.78 is 10.1. The molecule has 82 valence electrons. The molecule has 0 atom stereocenters. The number of nitrogens with one attached hydrogen (secondary N) is 1. The lowest BCUT2D eigenvalue weighted by Gasteiger charge is -2.10. The zero-order chi connectivity index (χ0) is 11.1. The fourth-order valence-electron chi connectivity index (χ4n) is 1.17. The molecule has 0 saturated carbocycles. The van der Waals surface area contributed by atoms with Gasteiger partial charge >= 0.3 is 0 Å². The molecule has 0 aliphatic heterocycles. The quantitative estimate of drug-likeness (QED) is 0.802. The molecule has 15 heavy (non-hydrogen) atoms. The molecule has 0 aromatic heterocycles. The van der Waals surface area contributed by atoms with Gasteiger partial charge in [-0.15, -0.1) is 0 Å². The number of rotatable bonds is 5. The van der Waals surface area contributed by atoms with E-state index in [1.807, 2.05) is 25.1 Å². The van der Waals surface area contributed by atoms with E-state index in [2.05, 4.69) is 5.32 Å². The summed E-state index contributed by atoms with van der Waals surface area (Å²) in [5, 5.41) is 2.71. The third-order valence-electron chi connectivity index (χ3n) is 1.74. The lowest BCUT2D eigenvalue weighted by Crippen LogP contribution is -2.17. The number of anilines is 1. The minimum absolute atomic E-state index is 0.0421.